The third-order valence-corrected chi connectivity index (χ3v) is 7.19. The van der Waals surface area contributed by atoms with E-state index in [1.807, 2.05) is 11.8 Å². The minimum Gasteiger partial charge on any atom is -0.388 e. The lowest BCUT2D eigenvalue weighted by molar-refractivity contribution is -0.158. The first kappa shape index (κ1) is 14.2. The van der Waals surface area contributed by atoms with Gasteiger partial charge in [0.25, 0.3) is 0 Å². The molecule has 0 aromatic heterocycles. The van der Waals surface area contributed by atoms with Crippen molar-refractivity contribution in [3.8, 4) is 0 Å². The molecular formula is C16H28O2S. The molecule has 1 saturated carbocycles. The number of hydrogen-bond acceptors (Lipinski definition) is 3. The van der Waals surface area contributed by atoms with Crippen LogP contribution >= 0.6 is 11.8 Å². The van der Waals surface area contributed by atoms with Gasteiger partial charge in [-0.15, -0.1) is 0 Å². The minimum atomic E-state index is -0.433. The zero-order chi connectivity index (χ0) is 13.3. The zero-order valence-corrected chi connectivity index (χ0v) is 13.0. The third-order valence-electron chi connectivity index (χ3n) is 5.76. The molecule has 1 spiro atoms. The van der Waals surface area contributed by atoms with E-state index < -0.39 is 5.60 Å². The molecular weight excluding hydrogens is 256 g/mol. The van der Waals surface area contributed by atoms with Crippen LogP contribution in [-0.4, -0.2) is 33.9 Å². The number of rotatable bonds is 1. The standard InChI is InChI=1S/C16H28O2S/c1-13-16(17,9-5-11-19-13)14-6-10-18-15(12-14)7-3-2-4-8-15/h13-14,17H,2-12H2,1H3. The van der Waals surface area contributed by atoms with E-state index in [0.29, 0.717) is 11.2 Å². The van der Waals surface area contributed by atoms with E-state index >= 15 is 0 Å². The summed E-state index contributed by atoms with van der Waals surface area (Å²) in [7, 11) is 0. The van der Waals surface area contributed by atoms with Crippen molar-refractivity contribution in [1.29, 1.82) is 0 Å². The first-order chi connectivity index (χ1) is 9.15. The highest BCUT2D eigenvalue weighted by molar-refractivity contribution is 8.00. The van der Waals surface area contributed by atoms with Crippen molar-refractivity contribution in [2.75, 3.05) is 12.4 Å². The summed E-state index contributed by atoms with van der Waals surface area (Å²) in [5.41, 5.74) is -0.310. The molecule has 0 aromatic rings. The van der Waals surface area contributed by atoms with Crippen LogP contribution in [0.1, 0.15) is 64.7 Å². The summed E-state index contributed by atoms with van der Waals surface area (Å²) in [6.45, 7) is 3.09. The van der Waals surface area contributed by atoms with Crippen molar-refractivity contribution >= 4 is 11.8 Å². The van der Waals surface area contributed by atoms with Gasteiger partial charge in [-0.25, -0.2) is 0 Å². The van der Waals surface area contributed by atoms with Gasteiger partial charge in [0.05, 0.1) is 11.2 Å². The quantitative estimate of drug-likeness (QED) is 0.795. The van der Waals surface area contributed by atoms with E-state index in [4.69, 9.17) is 4.74 Å². The minimum absolute atomic E-state index is 0.124. The van der Waals surface area contributed by atoms with Crippen LogP contribution in [0.4, 0.5) is 0 Å². The molecule has 3 atom stereocenters. The SMILES string of the molecule is CC1SCCCC1(O)C1CCOC2(CCCCC2)C1. The highest BCUT2D eigenvalue weighted by Gasteiger charge is 2.49. The van der Waals surface area contributed by atoms with Gasteiger partial charge in [0.15, 0.2) is 0 Å². The summed E-state index contributed by atoms with van der Waals surface area (Å²) in [5.74, 6) is 1.68. The molecule has 2 aliphatic heterocycles. The summed E-state index contributed by atoms with van der Waals surface area (Å²) in [5, 5.41) is 11.6. The van der Waals surface area contributed by atoms with Gasteiger partial charge in [0.2, 0.25) is 0 Å². The summed E-state index contributed by atoms with van der Waals surface area (Å²) < 4.78 is 6.19. The predicted octanol–water partition coefficient (Wildman–Crippen LogP) is 3.76. The van der Waals surface area contributed by atoms with E-state index in [1.165, 1.54) is 44.3 Å². The first-order valence-corrected chi connectivity index (χ1v) is 9.17. The first-order valence-electron chi connectivity index (χ1n) is 8.13. The van der Waals surface area contributed by atoms with Gasteiger partial charge >= 0.3 is 0 Å². The zero-order valence-electron chi connectivity index (χ0n) is 12.2. The van der Waals surface area contributed by atoms with Crippen LogP contribution in [0.2, 0.25) is 0 Å². The molecule has 110 valence electrons. The molecule has 3 rings (SSSR count). The summed E-state index contributed by atoms with van der Waals surface area (Å²) in [4.78, 5) is 0. The molecule has 3 heteroatoms. The smallest absolute Gasteiger partial charge is 0.0793 e. The van der Waals surface area contributed by atoms with Crippen LogP contribution in [0.15, 0.2) is 0 Å². The molecule has 19 heavy (non-hydrogen) atoms. The Morgan fingerprint density at radius 3 is 2.63 bits per heavy atom. The van der Waals surface area contributed by atoms with Crippen LogP contribution < -0.4 is 0 Å². The average molecular weight is 284 g/mol. The maximum absolute atomic E-state index is 11.2. The normalized spacial score (nSPS) is 43.3. The van der Waals surface area contributed by atoms with Crippen molar-refractivity contribution in [1.82, 2.24) is 0 Å². The van der Waals surface area contributed by atoms with Crippen molar-refractivity contribution < 1.29 is 9.84 Å². The Morgan fingerprint density at radius 2 is 1.89 bits per heavy atom. The second-order valence-corrected chi connectivity index (χ2v) is 8.34. The lowest BCUT2D eigenvalue weighted by Crippen LogP contribution is -2.54. The van der Waals surface area contributed by atoms with Gasteiger partial charge in [-0.2, -0.15) is 11.8 Å². The van der Waals surface area contributed by atoms with Gasteiger partial charge in [-0.1, -0.05) is 26.2 Å². The Kier molecular flexibility index (Phi) is 4.17. The summed E-state index contributed by atoms with van der Waals surface area (Å²) >= 11 is 1.96. The molecule has 0 amide bonds. The van der Waals surface area contributed by atoms with Crippen LogP contribution in [-0.2, 0) is 4.74 Å². The average Bonchev–Trinajstić information content (AvgIpc) is 2.43. The van der Waals surface area contributed by atoms with Gasteiger partial charge < -0.3 is 9.84 Å². The Balaban J connectivity index is 1.73. The molecule has 3 unspecified atom stereocenters. The second-order valence-electron chi connectivity index (χ2n) is 6.89. The molecule has 2 saturated heterocycles. The fraction of sp³-hybridized carbons (Fsp3) is 1.00. The molecule has 2 nitrogen and oxygen atoms in total. The fourth-order valence-corrected chi connectivity index (χ4v) is 5.76. The van der Waals surface area contributed by atoms with Crippen molar-refractivity contribution in [3.05, 3.63) is 0 Å². The van der Waals surface area contributed by atoms with E-state index in [1.54, 1.807) is 0 Å². The van der Waals surface area contributed by atoms with Crippen molar-refractivity contribution in [3.63, 3.8) is 0 Å². The van der Waals surface area contributed by atoms with Gasteiger partial charge in [0.1, 0.15) is 0 Å². The lowest BCUT2D eigenvalue weighted by Gasteiger charge is -2.51. The highest BCUT2D eigenvalue weighted by atomic mass is 32.2. The fourth-order valence-electron chi connectivity index (χ4n) is 4.50. The molecule has 1 N–H and O–H groups in total. The summed E-state index contributed by atoms with van der Waals surface area (Å²) in [6.07, 6.45) is 10.8. The molecule has 2 heterocycles. The van der Waals surface area contributed by atoms with E-state index in [0.717, 1.165) is 25.9 Å². The molecule has 3 aliphatic rings. The second kappa shape index (κ2) is 5.57. The number of aliphatic hydroxyl groups is 1. The largest absolute Gasteiger partial charge is 0.388 e. The Hall–Kier alpha value is 0.270. The predicted molar refractivity (Wildman–Crippen MR) is 80.6 cm³/mol. The Bertz CT molecular complexity index is 308. The van der Waals surface area contributed by atoms with Crippen LogP contribution in [0.5, 0.6) is 0 Å². The molecule has 1 aliphatic carbocycles. The summed E-state index contributed by atoms with van der Waals surface area (Å²) in [6, 6.07) is 0. The van der Waals surface area contributed by atoms with Crippen LogP contribution in [0.3, 0.4) is 0 Å². The van der Waals surface area contributed by atoms with E-state index in [9.17, 15) is 5.11 Å². The molecule has 3 fully saturated rings. The topological polar surface area (TPSA) is 29.5 Å². The van der Waals surface area contributed by atoms with Crippen molar-refractivity contribution in [2.24, 2.45) is 5.92 Å². The lowest BCUT2D eigenvalue weighted by atomic mass is 9.68. The molecule has 0 aromatic carbocycles. The number of hydrogen-bond donors (Lipinski definition) is 1. The Morgan fingerprint density at radius 1 is 1.11 bits per heavy atom. The van der Waals surface area contributed by atoms with Crippen LogP contribution in [0.25, 0.3) is 0 Å². The Labute approximate surface area is 121 Å². The van der Waals surface area contributed by atoms with Gasteiger partial charge in [-0.05, 0) is 50.2 Å². The number of ether oxygens (including phenoxy) is 1. The van der Waals surface area contributed by atoms with E-state index in [2.05, 4.69) is 6.92 Å². The molecule has 0 radical (unpaired) electrons. The molecule has 0 bridgehead atoms. The maximum atomic E-state index is 11.2. The highest BCUT2D eigenvalue weighted by Crippen LogP contribution is 2.48. The van der Waals surface area contributed by atoms with Gasteiger partial charge in [0, 0.05) is 11.9 Å². The van der Waals surface area contributed by atoms with E-state index in [-0.39, 0.29) is 5.60 Å². The van der Waals surface area contributed by atoms with Gasteiger partial charge in [-0.3, -0.25) is 0 Å². The number of thioether (sulfide) groups is 1. The monoisotopic (exact) mass is 284 g/mol. The van der Waals surface area contributed by atoms with Crippen LogP contribution in [0, 0.1) is 5.92 Å². The maximum Gasteiger partial charge on any atom is 0.0793 e. The third kappa shape index (κ3) is 2.71. The van der Waals surface area contributed by atoms with Crippen molar-refractivity contribution in [2.45, 2.75) is 81.2 Å².